The van der Waals surface area contributed by atoms with Crippen LogP contribution in [0.25, 0.3) is 0 Å². The van der Waals surface area contributed by atoms with Crippen molar-refractivity contribution in [3.63, 3.8) is 0 Å². The van der Waals surface area contributed by atoms with E-state index >= 15 is 0 Å². The molecule has 3 heterocycles. The topological polar surface area (TPSA) is 142 Å². The van der Waals surface area contributed by atoms with E-state index in [1.165, 1.54) is 30.3 Å². The zero-order chi connectivity index (χ0) is 27.7. The van der Waals surface area contributed by atoms with Crippen molar-refractivity contribution >= 4 is 45.1 Å². The van der Waals surface area contributed by atoms with Crippen LogP contribution in [0.4, 0.5) is 40.1 Å². The van der Waals surface area contributed by atoms with E-state index in [9.17, 15) is 36.0 Å². The molecule has 15 heteroatoms. The molecular weight excluding hydrogens is 529 g/mol. The number of benzene rings is 1. The summed E-state index contributed by atoms with van der Waals surface area (Å²) < 4.78 is 61.6. The van der Waals surface area contributed by atoms with E-state index in [1.54, 1.807) is 24.3 Å². The van der Waals surface area contributed by atoms with E-state index in [0.29, 0.717) is 23.5 Å². The molecule has 0 bridgehead atoms. The molecule has 11 nitrogen and oxygen atoms in total. The van der Waals surface area contributed by atoms with Gasteiger partial charge in [0.25, 0.3) is 15.7 Å². The minimum absolute atomic E-state index is 0.0537. The number of urea groups is 2. The Hall–Kier alpha value is -4.53. The monoisotopic (exact) mass is 548 g/mol. The lowest BCUT2D eigenvalue weighted by Gasteiger charge is -2.20. The zero-order valence-corrected chi connectivity index (χ0v) is 20.3. The Morgan fingerprint density at radius 3 is 2.26 bits per heavy atom. The fourth-order valence-corrected chi connectivity index (χ4v) is 4.36. The fourth-order valence-electron chi connectivity index (χ4n) is 3.60. The molecule has 38 heavy (non-hydrogen) atoms. The summed E-state index contributed by atoms with van der Waals surface area (Å²) in [6.45, 7) is 1.42. The van der Waals surface area contributed by atoms with Crippen LogP contribution in [0.2, 0.25) is 0 Å². The molecule has 0 aliphatic carbocycles. The molecule has 2 N–H and O–H groups in total. The molecule has 0 saturated carbocycles. The van der Waals surface area contributed by atoms with E-state index in [0.717, 1.165) is 17.0 Å². The van der Waals surface area contributed by atoms with Gasteiger partial charge in [0.05, 0.1) is 10.6 Å². The first-order valence-corrected chi connectivity index (χ1v) is 12.4. The van der Waals surface area contributed by atoms with Crippen molar-refractivity contribution in [2.24, 2.45) is 0 Å². The number of aromatic nitrogens is 2. The number of hydrogen-bond donors (Lipinski definition) is 2. The zero-order valence-electron chi connectivity index (χ0n) is 19.5. The van der Waals surface area contributed by atoms with E-state index in [2.05, 4.69) is 20.6 Å². The van der Waals surface area contributed by atoms with Gasteiger partial charge in [0.15, 0.2) is 0 Å². The maximum absolute atomic E-state index is 13.1. The number of nitrogens with zero attached hydrogens (tertiary/aromatic N) is 4. The van der Waals surface area contributed by atoms with E-state index in [-0.39, 0.29) is 18.1 Å². The lowest BCUT2D eigenvalue weighted by Crippen LogP contribution is -2.33. The number of sulfone groups is 1. The molecule has 4 rings (SSSR count). The highest BCUT2D eigenvalue weighted by Gasteiger charge is 2.47. The van der Waals surface area contributed by atoms with Gasteiger partial charge in [-0.05, 0) is 61.0 Å². The highest BCUT2D eigenvalue weighted by molar-refractivity contribution is 7.92. The second-order valence-corrected chi connectivity index (χ2v) is 9.99. The number of halogens is 3. The van der Waals surface area contributed by atoms with Crippen molar-refractivity contribution in [1.29, 1.82) is 0 Å². The van der Waals surface area contributed by atoms with Crippen molar-refractivity contribution in [3.8, 4) is 0 Å². The largest absolute Gasteiger partial charge is 0.501 e. The first-order chi connectivity index (χ1) is 17.9. The molecule has 1 saturated heterocycles. The third-order valence-corrected chi connectivity index (χ3v) is 7.02. The Morgan fingerprint density at radius 2 is 1.63 bits per heavy atom. The van der Waals surface area contributed by atoms with Crippen LogP contribution in [0.3, 0.4) is 0 Å². The Morgan fingerprint density at radius 1 is 0.974 bits per heavy atom. The van der Waals surface area contributed by atoms with Crippen LogP contribution in [0.1, 0.15) is 12.5 Å². The summed E-state index contributed by atoms with van der Waals surface area (Å²) in [6.07, 6.45) is 2.91. The molecule has 198 valence electrons. The molecule has 5 amide bonds. The summed E-state index contributed by atoms with van der Waals surface area (Å²) in [5.41, 5.74) is -5.05. The number of nitrogens with one attached hydrogen (secondary N) is 2. The van der Waals surface area contributed by atoms with E-state index < -0.39 is 44.3 Å². The molecule has 2 aromatic heterocycles. The normalized spacial score (nSPS) is 16.1. The molecule has 0 spiro atoms. The first kappa shape index (κ1) is 26.5. The average molecular weight is 549 g/mol. The number of imide groups is 1. The number of carbonyl (C=O) groups excluding carboxylic acids is 3. The van der Waals surface area contributed by atoms with Gasteiger partial charge in [-0.15, -0.1) is 0 Å². The van der Waals surface area contributed by atoms with Crippen LogP contribution >= 0.6 is 0 Å². The van der Waals surface area contributed by atoms with E-state index in [4.69, 9.17) is 0 Å². The summed E-state index contributed by atoms with van der Waals surface area (Å²) in [5.74, 6) is -0.163. The Balaban J connectivity index is 1.47. The van der Waals surface area contributed by atoms with Gasteiger partial charge in [0.1, 0.15) is 17.7 Å². The summed E-state index contributed by atoms with van der Waals surface area (Å²) in [7, 11) is -5.58. The average Bonchev–Trinajstić information content (AvgIpc) is 3.07. The third-order valence-electron chi connectivity index (χ3n) is 5.52. The third kappa shape index (κ3) is 5.27. The summed E-state index contributed by atoms with van der Waals surface area (Å²) in [4.78, 5) is 47.1. The van der Waals surface area contributed by atoms with Gasteiger partial charge in [0, 0.05) is 18.9 Å². The maximum atomic E-state index is 13.1. The Bertz CT molecular complexity index is 1480. The van der Waals surface area contributed by atoms with Gasteiger partial charge in [-0.2, -0.15) is 13.2 Å². The fraction of sp³-hybridized carbons (Fsp3) is 0.174. The number of rotatable bonds is 6. The summed E-state index contributed by atoms with van der Waals surface area (Å²) >= 11 is 0. The molecule has 1 aliphatic heterocycles. The molecule has 3 aromatic rings. The number of anilines is 3. The van der Waals surface area contributed by atoms with Crippen molar-refractivity contribution in [3.05, 3.63) is 72.6 Å². The standard InChI is InChI=1S/C23H19F3N6O5S/c1-14-20(33)32(16-5-7-17(8-6-16)38(36,37)23(24,25)26)22(35)31(14)13-15-9-11-28-19(12-15)30-21(34)29-18-4-2-3-10-27-18/h2-12,14H,13H2,1H3,(H2,27,28,29,30,34). The van der Waals surface area contributed by atoms with Gasteiger partial charge >= 0.3 is 17.6 Å². The highest BCUT2D eigenvalue weighted by Crippen LogP contribution is 2.32. The summed E-state index contributed by atoms with van der Waals surface area (Å²) in [5, 5.41) is 5.07. The minimum atomic E-state index is -5.58. The van der Waals surface area contributed by atoms with Crippen LogP contribution in [-0.4, -0.2) is 52.8 Å². The van der Waals surface area contributed by atoms with Gasteiger partial charge in [-0.3, -0.25) is 15.4 Å². The van der Waals surface area contributed by atoms with Crippen molar-refractivity contribution in [2.75, 3.05) is 15.5 Å². The molecule has 1 aliphatic rings. The Kier molecular flexibility index (Phi) is 7.04. The molecular formula is C23H19F3N6O5S. The molecule has 1 fully saturated rings. The van der Waals surface area contributed by atoms with Crippen LogP contribution in [0.5, 0.6) is 0 Å². The SMILES string of the molecule is CC1C(=O)N(c2ccc(S(=O)(=O)C(F)(F)F)cc2)C(=O)N1Cc1ccnc(NC(=O)Nc2ccccn2)c1. The molecule has 0 radical (unpaired) electrons. The van der Waals surface area contributed by atoms with Gasteiger partial charge in [0.2, 0.25) is 0 Å². The molecule has 1 unspecified atom stereocenters. The highest BCUT2D eigenvalue weighted by atomic mass is 32.2. The van der Waals surface area contributed by atoms with Gasteiger partial charge in [-0.1, -0.05) is 6.07 Å². The molecule has 1 aromatic carbocycles. The van der Waals surface area contributed by atoms with Gasteiger partial charge < -0.3 is 4.90 Å². The summed E-state index contributed by atoms with van der Waals surface area (Å²) in [6, 6.07) is 9.04. The van der Waals surface area contributed by atoms with E-state index in [1.807, 2.05) is 0 Å². The number of carbonyl (C=O) groups is 3. The van der Waals surface area contributed by atoms with Crippen molar-refractivity contribution in [2.45, 2.75) is 29.9 Å². The van der Waals surface area contributed by atoms with Crippen LogP contribution in [0.15, 0.2) is 71.9 Å². The van der Waals surface area contributed by atoms with Crippen molar-refractivity contribution < 1.29 is 36.0 Å². The lowest BCUT2D eigenvalue weighted by molar-refractivity contribution is -0.119. The molecule has 1 atom stereocenters. The second kappa shape index (κ2) is 10.1. The smallest absolute Gasteiger partial charge is 0.308 e. The van der Waals surface area contributed by atoms with Crippen LogP contribution in [0, 0.1) is 0 Å². The predicted molar refractivity (Wildman–Crippen MR) is 129 cm³/mol. The van der Waals surface area contributed by atoms with Crippen LogP contribution < -0.4 is 15.5 Å². The lowest BCUT2D eigenvalue weighted by atomic mass is 10.2. The number of amides is 5. The van der Waals surface area contributed by atoms with Crippen LogP contribution in [-0.2, 0) is 21.2 Å². The maximum Gasteiger partial charge on any atom is 0.501 e. The Labute approximate surface area is 214 Å². The minimum Gasteiger partial charge on any atom is -0.308 e. The number of pyridine rings is 2. The predicted octanol–water partition coefficient (Wildman–Crippen LogP) is 3.77. The quantitative estimate of drug-likeness (QED) is 0.447. The number of hydrogen-bond acceptors (Lipinski definition) is 7. The van der Waals surface area contributed by atoms with Gasteiger partial charge in [-0.25, -0.2) is 32.9 Å². The van der Waals surface area contributed by atoms with Crippen molar-refractivity contribution in [1.82, 2.24) is 14.9 Å². The first-order valence-electron chi connectivity index (χ1n) is 10.9. The second-order valence-electron chi connectivity index (χ2n) is 8.05. The number of alkyl halides is 3.